The molecule has 0 aliphatic carbocycles. The molecule has 3 heterocycles. The van der Waals surface area contributed by atoms with Crippen molar-refractivity contribution in [2.75, 3.05) is 18.0 Å². The Bertz CT molecular complexity index is 1030. The predicted molar refractivity (Wildman–Crippen MR) is 109 cm³/mol. The standard InChI is InChI=1S/C21H20FN5S/c1-13-5-7-27(8-6-13)21-26-19(15-3-4-16(10-23)17(22)9-15)20(28-21)18-12-24-14(2)11-25-18/h3-4,9,11-13H,5-8H2,1-2H3. The molecule has 0 spiro atoms. The summed E-state index contributed by atoms with van der Waals surface area (Å²) in [6.07, 6.45) is 5.73. The van der Waals surface area contributed by atoms with Crippen molar-refractivity contribution < 1.29 is 4.39 Å². The molecule has 2 aromatic heterocycles. The van der Waals surface area contributed by atoms with E-state index in [1.54, 1.807) is 29.8 Å². The van der Waals surface area contributed by atoms with Gasteiger partial charge in [0.2, 0.25) is 0 Å². The third-order valence-corrected chi connectivity index (χ3v) is 6.19. The molecule has 7 heteroatoms. The lowest BCUT2D eigenvalue weighted by atomic mass is 10.00. The first kappa shape index (κ1) is 18.5. The molecule has 1 saturated heterocycles. The van der Waals surface area contributed by atoms with Crippen LogP contribution in [0.3, 0.4) is 0 Å². The van der Waals surface area contributed by atoms with E-state index in [9.17, 15) is 4.39 Å². The topological polar surface area (TPSA) is 65.7 Å². The highest BCUT2D eigenvalue weighted by Gasteiger charge is 2.23. The number of nitrogens with zero attached hydrogens (tertiary/aromatic N) is 5. The second kappa shape index (κ2) is 7.64. The summed E-state index contributed by atoms with van der Waals surface area (Å²) in [6, 6.07) is 6.48. The average Bonchev–Trinajstić information content (AvgIpc) is 3.14. The van der Waals surface area contributed by atoms with Crippen LogP contribution >= 0.6 is 11.3 Å². The maximum absolute atomic E-state index is 14.2. The minimum atomic E-state index is -0.540. The molecule has 1 fully saturated rings. The number of aryl methyl sites for hydroxylation is 1. The maximum Gasteiger partial charge on any atom is 0.186 e. The zero-order chi connectivity index (χ0) is 19.7. The van der Waals surface area contributed by atoms with Gasteiger partial charge in [0, 0.05) is 24.8 Å². The SMILES string of the molecule is Cc1cnc(-c2sc(N3CCC(C)CC3)nc2-c2ccc(C#N)c(F)c2)cn1. The Balaban J connectivity index is 1.80. The second-order valence-corrected chi connectivity index (χ2v) is 8.17. The van der Waals surface area contributed by atoms with E-state index < -0.39 is 5.82 Å². The minimum Gasteiger partial charge on any atom is -0.348 e. The summed E-state index contributed by atoms with van der Waals surface area (Å²) in [5.41, 5.74) is 2.91. The maximum atomic E-state index is 14.2. The quantitative estimate of drug-likeness (QED) is 0.638. The summed E-state index contributed by atoms with van der Waals surface area (Å²) < 4.78 is 14.2. The highest BCUT2D eigenvalue weighted by Crippen LogP contribution is 2.40. The van der Waals surface area contributed by atoms with Gasteiger partial charge >= 0.3 is 0 Å². The number of anilines is 1. The van der Waals surface area contributed by atoms with Gasteiger partial charge in [0.05, 0.1) is 28.0 Å². The van der Waals surface area contributed by atoms with Crippen LogP contribution in [0.5, 0.6) is 0 Å². The number of rotatable bonds is 3. The van der Waals surface area contributed by atoms with Crippen molar-refractivity contribution in [3.05, 3.63) is 47.7 Å². The lowest BCUT2D eigenvalue weighted by Crippen LogP contribution is -2.32. The Morgan fingerprint density at radius 2 is 2.00 bits per heavy atom. The Kier molecular flexibility index (Phi) is 5.05. The van der Waals surface area contributed by atoms with E-state index in [1.807, 2.05) is 13.0 Å². The van der Waals surface area contributed by atoms with Gasteiger partial charge in [-0.3, -0.25) is 9.97 Å². The molecule has 1 aliphatic heterocycles. The van der Waals surface area contributed by atoms with Crippen molar-refractivity contribution in [3.63, 3.8) is 0 Å². The number of nitriles is 1. The number of hydrogen-bond acceptors (Lipinski definition) is 6. The van der Waals surface area contributed by atoms with Crippen LogP contribution in [0.2, 0.25) is 0 Å². The molecule has 3 aromatic rings. The van der Waals surface area contributed by atoms with Crippen LogP contribution in [-0.4, -0.2) is 28.0 Å². The molecular weight excluding hydrogens is 373 g/mol. The first-order valence-electron chi connectivity index (χ1n) is 9.30. The highest BCUT2D eigenvalue weighted by atomic mass is 32.1. The number of thiazole rings is 1. The smallest absolute Gasteiger partial charge is 0.186 e. The van der Waals surface area contributed by atoms with E-state index in [0.29, 0.717) is 11.3 Å². The first-order valence-corrected chi connectivity index (χ1v) is 10.1. The zero-order valence-corrected chi connectivity index (χ0v) is 16.6. The molecule has 0 N–H and O–H groups in total. The van der Waals surface area contributed by atoms with Crippen molar-refractivity contribution in [2.45, 2.75) is 26.7 Å². The fourth-order valence-electron chi connectivity index (χ4n) is 3.28. The van der Waals surface area contributed by atoms with Gasteiger partial charge in [-0.25, -0.2) is 9.37 Å². The normalized spacial score (nSPS) is 14.9. The summed E-state index contributed by atoms with van der Waals surface area (Å²) >= 11 is 1.56. The summed E-state index contributed by atoms with van der Waals surface area (Å²) in [5.74, 6) is 0.188. The van der Waals surface area contributed by atoms with Gasteiger partial charge in [0.15, 0.2) is 5.13 Å². The second-order valence-electron chi connectivity index (χ2n) is 7.19. The van der Waals surface area contributed by atoms with Gasteiger partial charge in [0.25, 0.3) is 0 Å². The summed E-state index contributed by atoms with van der Waals surface area (Å²) in [6.45, 7) is 6.10. The number of hydrogen-bond donors (Lipinski definition) is 0. The number of piperidine rings is 1. The fraction of sp³-hybridized carbons (Fsp3) is 0.333. The van der Waals surface area contributed by atoms with Crippen LogP contribution in [0.1, 0.15) is 31.0 Å². The van der Waals surface area contributed by atoms with Gasteiger partial charge in [-0.2, -0.15) is 5.26 Å². The van der Waals surface area contributed by atoms with Crippen LogP contribution in [0.4, 0.5) is 9.52 Å². The van der Waals surface area contributed by atoms with E-state index in [4.69, 9.17) is 10.2 Å². The Hall–Kier alpha value is -2.85. The molecule has 0 atom stereocenters. The van der Waals surface area contributed by atoms with Crippen molar-refractivity contribution >= 4 is 16.5 Å². The first-order chi connectivity index (χ1) is 13.5. The number of aromatic nitrogens is 3. The molecule has 0 unspecified atom stereocenters. The summed E-state index contributed by atoms with van der Waals surface area (Å²) in [7, 11) is 0. The number of benzene rings is 1. The predicted octanol–water partition coefficient (Wildman–Crippen LogP) is 4.82. The summed E-state index contributed by atoms with van der Waals surface area (Å²) in [4.78, 5) is 16.9. The lowest BCUT2D eigenvalue weighted by Gasteiger charge is -2.29. The van der Waals surface area contributed by atoms with E-state index in [1.165, 1.54) is 12.1 Å². The average molecular weight is 393 g/mol. The van der Waals surface area contributed by atoms with Crippen LogP contribution in [-0.2, 0) is 0 Å². The third kappa shape index (κ3) is 3.60. The van der Waals surface area contributed by atoms with Crippen LogP contribution in [0, 0.1) is 30.0 Å². The molecule has 0 saturated carbocycles. The van der Waals surface area contributed by atoms with Crippen LogP contribution < -0.4 is 4.90 Å². The Labute approximate surface area is 167 Å². The lowest BCUT2D eigenvalue weighted by molar-refractivity contribution is 0.438. The van der Waals surface area contributed by atoms with Crippen molar-refractivity contribution in [1.82, 2.24) is 15.0 Å². The minimum absolute atomic E-state index is 0.0286. The molecule has 1 aliphatic rings. The van der Waals surface area contributed by atoms with Crippen LogP contribution in [0.15, 0.2) is 30.6 Å². The van der Waals surface area contributed by atoms with Crippen molar-refractivity contribution in [1.29, 1.82) is 5.26 Å². The van der Waals surface area contributed by atoms with Gasteiger partial charge in [-0.15, -0.1) is 0 Å². The molecule has 4 rings (SSSR count). The van der Waals surface area contributed by atoms with Gasteiger partial charge < -0.3 is 4.90 Å². The van der Waals surface area contributed by atoms with E-state index in [0.717, 1.165) is 53.2 Å². The monoisotopic (exact) mass is 393 g/mol. The van der Waals surface area contributed by atoms with Crippen LogP contribution in [0.25, 0.3) is 21.8 Å². The third-order valence-electron chi connectivity index (χ3n) is 5.05. The summed E-state index contributed by atoms with van der Waals surface area (Å²) in [5, 5.41) is 9.93. The molecule has 5 nitrogen and oxygen atoms in total. The number of halogens is 1. The van der Waals surface area contributed by atoms with Crippen molar-refractivity contribution in [3.8, 4) is 27.9 Å². The molecule has 28 heavy (non-hydrogen) atoms. The molecule has 1 aromatic carbocycles. The van der Waals surface area contributed by atoms with Gasteiger partial charge in [-0.05, 0) is 37.8 Å². The van der Waals surface area contributed by atoms with Crippen molar-refractivity contribution in [2.24, 2.45) is 5.92 Å². The zero-order valence-electron chi connectivity index (χ0n) is 15.8. The molecule has 0 bridgehead atoms. The molecular formula is C21H20FN5S. The Morgan fingerprint density at radius 3 is 2.64 bits per heavy atom. The van der Waals surface area contributed by atoms with E-state index in [2.05, 4.69) is 21.8 Å². The highest BCUT2D eigenvalue weighted by molar-refractivity contribution is 7.19. The van der Waals surface area contributed by atoms with E-state index >= 15 is 0 Å². The molecule has 0 amide bonds. The molecule has 142 valence electrons. The van der Waals surface area contributed by atoms with Gasteiger partial charge in [-0.1, -0.05) is 24.3 Å². The Morgan fingerprint density at radius 1 is 1.21 bits per heavy atom. The largest absolute Gasteiger partial charge is 0.348 e. The molecule has 0 radical (unpaired) electrons. The van der Waals surface area contributed by atoms with E-state index in [-0.39, 0.29) is 5.56 Å². The fourth-order valence-corrected chi connectivity index (χ4v) is 4.38. The van der Waals surface area contributed by atoms with Gasteiger partial charge in [0.1, 0.15) is 17.6 Å².